The van der Waals surface area contributed by atoms with Crippen LogP contribution in [0.3, 0.4) is 0 Å². The molecule has 140 valence electrons. The van der Waals surface area contributed by atoms with Crippen molar-refractivity contribution in [3.63, 3.8) is 0 Å². The first-order valence-corrected chi connectivity index (χ1v) is 10.6. The van der Waals surface area contributed by atoms with Crippen molar-refractivity contribution < 1.29 is 0 Å². The molecule has 0 saturated carbocycles. The summed E-state index contributed by atoms with van der Waals surface area (Å²) in [6, 6.07) is 0.329. The van der Waals surface area contributed by atoms with Gasteiger partial charge in [-0.2, -0.15) is 0 Å². The van der Waals surface area contributed by atoms with Crippen LogP contribution < -0.4 is 5.73 Å². The van der Waals surface area contributed by atoms with Gasteiger partial charge in [0.2, 0.25) is 0 Å². The predicted molar refractivity (Wildman–Crippen MR) is 106 cm³/mol. The molecule has 0 aromatic rings. The molecule has 0 unspecified atom stereocenters. The van der Waals surface area contributed by atoms with Crippen molar-refractivity contribution in [3.05, 3.63) is 0 Å². The maximum Gasteiger partial charge on any atom is 0.0191 e. The van der Waals surface area contributed by atoms with Crippen molar-refractivity contribution in [3.8, 4) is 0 Å². The average molecular weight is 327 g/mol. The molecule has 0 fully saturated rings. The largest absolute Gasteiger partial charge is 0.326 e. The fourth-order valence-electron chi connectivity index (χ4n) is 3.03. The molecule has 1 atom stereocenters. The number of hydrogen-bond acceptors (Lipinski definition) is 2. The van der Waals surface area contributed by atoms with E-state index in [1.54, 1.807) is 0 Å². The zero-order valence-electron chi connectivity index (χ0n) is 16.8. The van der Waals surface area contributed by atoms with Crippen LogP contribution in [0.15, 0.2) is 0 Å². The van der Waals surface area contributed by atoms with Gasteiger partial charge in [-0.3, -0.25) is 0 Å². The van der Waals surface area contributed by atoms with Crippen molar-refractivity contribution in [2.45, 2.75) is 111 Å². The summed E-state index contributed by atoms with van der Waals surface area (Å²) in [5.74, 6) is 0.589. The zero-order valence-corrected chi connectivity index (χ0v) is 16.8. The van der Waals surface area contributed by atoms with Gasteiger partial charge >= 0.3 is 0 Å². The SMILES string of the molecule is CCCCCCCCN(CCCCCCCC)C[C@@H](N)C(C)C. The molecule has 0 aliphatic rings. The highest BCUT2D eigenvalue weighted by molar-refractivity contribution is 4.71. The van der Waals surface area contributed by atoms with Crippen LogP contribution in [0.4, 0.5) is 0 Å². The Bertz CT molecular complexity index is 212. The summed E-state index contributed by atoms with van der Waals surface area (Å²) < 4.78 is 0. The lowest BCUT2D eigenvalue weighted by molar-refractivity contribution is 0.228. The molecule has 0 radical (unpaired) electrons. The van der Waals surface area contributed by atoms with Gasteiger partial charge < -0.3 is 10.6 Å². The number of unbranched alkanes of at least 4 members (excludes halogenated alkanes) is 10. The van der Waals surface area contributed by atoms with Crippen molar-refractivity contribution in [1.82, 2.24) is 4.90 Å². The van der Waals surface area contributed by atoms with E-state index >= 15 is 0 Å². The monoisotopic (exact) mass is 326 g/mol. The highest BCUT2D eigenvalue weighted by Gasteiger charge is 2.13. The molecular formula is C21H46N2. The Kier molecular flexibility index (Phi) is 16.7. The van der Waals surface area contributed by atoms with E-state index in [0.717, 1.165) is 6.54 Å². The molecule has 2 heteroatoms. The van der Waals surface area contributed by atoms with E-state index in [0.29, 0.717) is 12.0 Å². The van der Waals surface area contributed by atoms with Crippen LogP contribution in [0, 0.1) is 5.92 Å². The van der Waals surface area contributed by atoms with Crippen LogP contribution in [0.5, 0.6) is 0 Å². The van der Waals surface area contributed by atoms with Crippen LogP contribution in [0.1, 0.15) is 105 Å². The third-order valence-electron chi connectivity index (χ3n) is 4.98. The molecular weight excluding hydrogens is 280 g/mol. The van der Waals surface area contributed by atoms with Crippen molar-refractivity contribution in [1.29, 1.82) is 0 Å². The molecule has 0 aliphatic heterocycles. The summed E-state index contributed by atoms with van der Waals surface area (Å²) in [5.41, 5.74) is 6.32. The van der Waals surface area contributed by atoms with Crippen LogP contribution >= 0.6 is 0 Å². The molecule has 0 bridgehead atoms. The first-order chi connectivity index (χ1) is 11.1. The molecule has 0 heterocycles. The molecule has 0 aliphatic carbocycles. The maximum atomic E-state index is 6.32. The summed E-state index contributed by atoms with van der Waals surface area (Å²) in [5, 5.41) is 0. The highest BCUT2D eigenvalue weighted by atomic mass is 15.1. The van der Waals surface area contributed by atoms with E-state index in [1.165, 1.54) is 90.1 Å². The van der Waals surface area contributed by atoms with Gasteiger partial charge in [-0.05, 0) is 31.8 Å². The van der Waals surface area contributed by atoms with Gasteiger partial charge in [0.15, 0.2) is 0 Å². The first kappa shape index (κ1) is 22.9. The van der Waals surface area contributed by atoms with E-state index in [-0.39, 0.29) is 0 Å². The Labute approximate surface area is 147 Å². The summed E-state index contributed by atoms with van der Waals surface area (Å²) in [7, 11) is 0. The number of nitrogens with zero attached hydrogens (tertiary/aromatic N) is 1. The molecule has 0 aromatic carbocycles. The van der Waals surface area contributed by atoms with Gasteiger partial charge in [0.1, 0.15) is 0 Å². The van der Waals surface area contributed by atoms with Crippen molar-refractivity contribution >= 4 is 0 Å². The average Bonchev–Trinajstić information content (AvgIpc) is 2.53. The second kappa shape index (κ2) is 16.8. The Morgan fingerprint density at radius 1 is 0.652 bits per heavy atom. The first-order valence-electron chi connectivity index (χ1n) is 10.6. The van der Waals surface area contributed by atoms with Gasteiger partial charge in [0, 0.05) is 12.6 Å². The molecule has 0 spiro atoms. The van der Waals surface area contributed by atoms with Crippen LogP contribution in [-0.2, 0) is 0 Å². The molecule has 2 N–H and O–H groups in total. The van der Waals surface area contributed by atoms with E-state index in [4.69, 9.17) is 5.73 Å². The summed E-state index contributed by atoms with van der Waals surface area (Å²) in [6.45, 7) is 12.7. The van der Waals surface area contributed by atoms with Gasteiger partial charge in [-0.15, -0.1) is 0 Å². The Morgan fingerprint density at radius 3 is 1.43 bits per heavy atom. The molecule has 23 heavy (non-hydrogen) atoms. The minimum Gasteiger partial charge on any atom is -0.326 e. The van der Waals surface area contributed by atoms with E-state index in [9.17, 15) is 0 Å². The quantitative estimate of drug-likeness (QED) is 0.332. The lowest BCUT2D eigenvalue weighted by Crippen LogP contribution is -2.41. The lowest BCUT2D eigenvalue weighted by atomic mass is 10.0. The molecule has 0 saturated heterocycles. The zero-order chi connectivity index (χ0) is 17.3. The summed E-state index contributed by atoms with van der Waals surface area (Å²) in [4.78, 5) is 2.64. The molecule has 0 amide bonds. The van der Waals surface area contributed by atoms with Gasteiger partial charge in [0.05, 0.1) is 0 Å². The Hall–Kier alpha value is -0.0800. The predicted octanol–water partition coefficient (Wildman–Crippen LogP) is 5.99. The Morgan fingerprint density at radius 2 is 1.04 bits per heavy atom. The van der Waals surface area contributed by atoms with Crippen LogP contribution in [-0.4, -0.2) is 30.6 Å². The molecule has 2 nitrogen and oxygen atoms in total. The standard InChI is InChI=1S/C21H46N2/c1-5-7-9-11-13-15-17-23(19-21(22)20(3)4)18-16-14-12-10-8-6-2/h20-21H,5-19,22H2,1-4H3/t21-/m1/s1. The van der Waals surface area contributed by atoms with Gasteiger partial charge in [0.25, 0.3) is 0 Å². The third kappa shape index (κ3) is 15.2. The maximum absolute atomic E-state index is 6.32. The van der Waals surface area contributed by atoms with E-state index in [2.05, 4.69) is 32.6 Å². The van der Waals surface area contributed by atoms with Crippen LogP contribution in [0.2, 0.25) is 0 Å². The molecule has 0 aromatic heterocycles. The molecule has 0 rings (SSSR count). The number of hydrogen-bond donors (Lipinski definition) is 1. The Balaban J connectivity index is 3.89. The minimum atomic E-state index is 0.329. The second-order valence-corrected chi connectivity index (χ2v) is 7.74. The van der Waals surface area contributed by atoms with Gasteiger partial charge in [-0.1, -0.05) is 91.9 Å². The van der Waals surface area contributed by atoms with E-state index < -0.39 is 0 Å². The normalized spacial score (nSPS) is 13.2. The smallest absolute Gasteiger partial charge is 0.0191 e. The van der Waals surface area contributed by atoms with E-state index in [1.807, 2.05) is 0 Å². The highest BCUT2D eigenvalue weighted by Crippen LogP contribution is 2.10. The minimum absolute atomic E-state index is 0.329. The number of nitrogens with two attached hydrogens (primary N) is 1. The van der Waals surface area contributed by atoms with Crippen molar-refractivity contribution in [2.24, 2.45) is 11.7 Å². The second-order valence-electron chi connectivity index (χ2n) is 7.74. The third-order valence-corrected chi connectivity index (χ3v) is 4.98. The fraction of sp³-hybridized carbons (Fsp3) is 1.00. The summed E-state index contributed by atoms with van der Waals surface area (Å²) >= 11 is 0. The summed E-state index contributed by atoms with van der Waals surface area (Å²) in [6.07, 6.45) is 16.6. The van der Waals surface area contributed by atoms with Gasteiger partial charge in [-0.25, -0.2) is 0 Å². The number of rotatable bonds is 17. The fourth-order valence-corrected chi connectivity index (χ4v) is 3.03. The van der Waals surface area contributed by atoms with Crippen LogP contribution in [0.25, 0.3) is 0 Å². The van der Waals surface area contributed by atoms with Crippen molar-refractivity contribution in [2.75, 3.05) is 19.6 Å². The topological polar surface area (TPSA) is 29.3 Å². The lowest BCUT2D eigenvalue weighted by Gasteiger charge is -2.27.